The highest BCUT2D eigenvalue weighted by Gasteiger charge is 2.43. The van der Waals surface area contributed by atoms with Crippen LogP contribution in [0.25, 0.3) is 0 Å². The van der Waals surface area contributed by atoms with Crippen molar-refractivity contribution in [1.29, 1.82) is 0 Å². The molecule has 0 aliphatic carbocycles. The van der Waals surface area contributed by atoms with E-state index in [1.54, 1.807) is 16.7 Å². The summed E-state index contributed by atoms with van der Waals surface area (Å²) in [5.41, 5.74) is 0. The van der Waals surface area contributed by atoms with Gasteiger partial charge >= 0.3 is 0 Å². The number of nitrogens with zero attached hydrogens (tertiary/aromatic N) is 1. The first-order valence-electron chi connectivity index (χ1n) is 6.55. The van der Waals surface area contributed by atoms with Gasteiger partial charge in [0.1, 0.15) is 12.1 Å². The fraction of sp³-hybridized carbons (Fsp3) is 0.846. The monoisotopic (exact) mass is 272 g/mol. The lowest BCUT2D eigenvalue weighted by atomic mass is 9.95. The van der Waals surface area contributed by atoms with Crippen molar-refractivity contribution in [3.63, 3.8) is 0 Å². The van der Waals surface area contributed by atoms with Crippen molar-refractivity contribution in [2.45, 2.75) is 52.2 Å². The van der Waals surface area contributed by atoms with Crippen molar-refractivity contribution in [3.05, 3.63) is 0 Å². The van der Waals surface area contributed by atoms with E-state index in [1.807, 2.05) is 34.0 Å². The molecule has 0 spiro atoms. The second kappa shape index (κ2) is 6.45. The Morgan fingerprint density at radius 2 is 1.94 bits per heavy atom. The topological polar surface area (TPSA) is 49.4 Å². The number of rotatable bonds is 5. The molecule has 3 atom stereocenters. The van der Waals surface area contributed by atoms with E-state index in [-0.39, 0.29) is 35.9 Å². The third-order valence-electron chi connectivity index (χ3n) is 3.36. The molecule has 1 saturated heterocycles. The Hall–Kier alpha value is -0.710. The van der Waals surface area contributed by atoms with Crippen LogP contribution in [0.3, 0.4) is 0 Å². The molecule has 1 rings (SSSR count). The number of nitrogens with one attached hydrogen (secondary N) is 1. The first kappa shape index (κ1) is 15.3. The number of hydrogen-bond donors (Lipinski definition) is 1. The van der Waals surface area contributed by atoms with Gasteiger partial charge in [-0.05, 0) is 25.5 Å². The van der Waals surface area contributed by atoms with E-state index < -0.39 is 0 Å². The second-order valence-electron chi connectivity index (χ2n) is 5.21. The van der Waals surface area contributed by atoms with Gasteiger partial charge in [0, 0.05) is 11.8 Å². The lowest BCUT2D eigenvalue weighted by Crippen LogP contribution is -2.66. The Morgan fingerprint density at radius 3 is 2.39 bits per heavy atom. The molecular weight excluding hydrogens is 248 g/mol. The molecule has 0 aromatic rings. The Morgan fingerprint density at radius 1 is 1.33 bits per heavy atom. The van der Waals surface area contributed by atoms with Gasteiger partial charge in [0.05, 0.1) is 0 Å². The molecule has 0 bridgehead atoms. The summed E-state index contributed by atoms with van der Waals surface area (Å²) in [5, 5.41) is 2.84. The number of carbonyl (C=O) groups excluding carboxylic acids is 2. The van der Waals surface area contributed by atoms with Crippen LogP contribution in [0.15, 0.2) is 0 Å². The van der Waals surface area contributed by atoms with Gasteiger partial charge in [0.25, 0.3) is 0 Å². The van der Waals surface area contributed by atoms with Crippen molar-refractivity contribution in [1.82, 2.24) is 10.2 Å². The van der Waals surface area contributed by atoms with Crippen LogP contribution in [-0.4, -0.2) is 46.8 Å². The Bertz CT molecular complexity index is 320. The first-order chi connectivity index (χ1) is 8.43. The number of amides is 2. The molecule has 0 aromatic heterocycles. The van der Waals surface area contributed by atoms with Gasteiger partial charge in [-0.15, -0.1) is 0 Å². The van der Waals surface area contributed by atoms with Gasteiger partial charge in [-0.2, -0.15) is 11.8 Å². The summed E-state index contributed by atoms with van der Waals surface area (Å²) in [7, 11) is 0. The van der Waals surface area contributed by atoms with Crippen molar-refractivity contribution in [2.24, 2.45) is 5.92 Å². The van der Waals surface area contributed by atoms with E-state index in [0.29, 0.717) is 6.42 Å². The molecule has 0 radical (unpaired) electrons. The summed E-state index contributed by atoms with van der Waals surface area (Å²) < 4.78 is 0. The highest BCUT2D eigenvalue weighted by molar-refractivity contribution is 7.98. The highest BCUT2D eigenvalue weighted by Crippen LogP contribution is 2.22. The molecule has 5 heteroatoms. The fourth-order valence-electron chi connectivity index (χ4n) is 2.48. The average molecular weight is 272 g/mol. The lowest BCUT2D eigenvalue weighted by molar-refractivity contribution is -0.153. The number of carbonyl (C=O) groups is 2. The summed E-state index contributed by atoms with van der Waals surface area (Å²) in [4.78, 5) is 26.4. The minimum absolute atomic E-state index is 0.00981. The van der Waals surface area contributed by atoms with Gasteiger partial charge in [-0.25, -0.2) is 0 Å². The maximum absolute atomic E-state index is 12.4. The van der Waals surface area contributed by atoms with E-state index in [0.717, 1.165) is 5.75 Å². The number of thioether (sulfide) groups is 1. The number of piperazine rings is 1. The van der Waals surface area contributed by atoms with Crippen molar-refractivity contribution < 1.29 is 9.59 Å². The summed E-state index contributed by atoms with van der Waals surface area (Å²) in [6.07, 6.45) is 2.67. The molecule has 1 aliphatic heterocycles. The number of hydrogen-bond acceptors (Lipinski definition) is 3. The molecule has 3 unspecified atom stereocenters. The van der Waals surface area contributed by atoms with Gasteiger partial charge in [-0.1, -0.05) is 20.8 Å². The zero-order chi connectivity index (χ0) is 13.9. The Labute approximate surface area is 114 Å². The minimum Gasteiger partial charge on any atom is -0.343 e. The summed E-state index contributed by atoms with van der Waals surface area (Å²) in [5.74, 6) is 1.05. The van der Waals surface area contributed by atoms with Crippen LogP contribution >= 0.6 is 11.8 Å². The normalized spacial score (nSPS) is 26.4. The van der Waals surface area contributed by atoms with Gasteiger partial charge in [-0.3, -0.25) is 9.59 Å². The summed E-state index contributed by atoms with van der Waals surface area (Å²) in [6, 6.07) is -0.584. The average Bonchev–Trinajstić information content (AvgIpc) is 2.30. The predicted molar refractivity (Wildman–Crippen MR) is 75.5 cm³/mol. The highest BCUT2D eigenvalue weighted by atomic mass is 32.2. The largest absolute Gasteiger partial charge is 0.343 e. The van der Waals surface area contributed by atoms with Gasteiger partial charge in [0.2, 0.25) is 11.8 Å². The van der Waals surface area contributed by atoms with Crippen LogP contribution in [0.2, 0.25) is 0 Å². The molecule has 4 nitrogen and oxygen atoms in total. The zero-order valence-electron chi connectivity index (χ0n) is 11.9. The van der Waals surface area contributed by atoms with Crippen LogP contribution in [-0.2, 0) is 9.59 Å². The molecule has 1 heterocycles. The van der Waals surface area contributed by atoms with Gasteiger partial charge in [0.15, 0.2) is 0 Å². The maximum atomic E-state index is 12.4. The van der Waals surface area contributed by atoms with Crippen LogP contribution in [0.5, 0.6) is 0 Å². The smallest absolute Gasteiger partial charge is 0.246 e. The predicted octanol–water partition coefficient (Wildman–Crippen LogP) is 1.50. The van der Waals surface area contributed by atoms with Crippen LogP contribution in [0.1, 0.15) is 34.1 Å². The quantitative estimate of drug-likeness (QED) is 0.825. The van der Waals surface area contributed by atoms with Crippen molar-refractivity contribution in [3.8, 4) is 0 Å². The lowest BCUT2D eigenvalue weighted by Gasteiger charge is -2.43. The van der Waals surface area contributed by atoms with Gasteiger partial charge < -0.3 is 10.2 Å². The molecule has 2 amide bonds. The van der Waals surface area contributed by atoms with E-state index >= 15 is 0 Å². The molecule has 0 saturated carbocycles. The zero-order valence-corrected chi connectivity index (χ0v) is 12.7. The van der Waals surface area contributed by atoms with Crippen molar-refractivity contribution in [2.75, 3.05) is 12.0 Å². The van der Waals surface area contributed by atoms with Crippen LogP contribution in [0.4, 0.5) is 0 Å². The summed E-state index contributed by atoms with van der Waals surface area (Å²) in [6.45, 7) is 7.93. The Balaban J connectivity index is 3.01. The third kappa shape index (κ3) is 2.99. The van der Waals surface area contributed by atoms with E-state index in [9.17, 15) is 9.59 Å². The Kier molecular flexibility index (Phi) is 5.50. The van der Waals surface area contributed by atoms with Crippen molar-refractivity contribution >= 4 is 23.6 Å². The minimum atomic E-state index is -0.350. The molecule has 1 aliphatic rings. The molecule has 18 heavy (non-hydrogen) atoms. The standard InChI is InChI=1S/C13H24N2O2S/c1-6-10-13(17)15(9(4)7-18-5)11(8(2)3)12(16)14-10/h8-11H,6-7H2,1-5H3,(H,14,16). The van der Waals surface area contributed by atoms with Crippen LogP contribution < -0.4 is 5.32 Å². The summed E-state index contributed by atoms with van der Waals surface area (Å²) >= 11 is 1.70. The molecular formula is C13H24N2O2S. The van der Waals surface area contributed by atoms with Crippen LogP contribution in [0, 0.1) is 5.92 Å². The van der Waals surface area contributed by atoms with E-state index in [1.165, 1.54) is 0 Å². The molecule has 1 fully saturated rings. The maximum Gasteiger partial charge on any atom is 0.246 e. The SMILES string of the molecule is CCC1NC(=O)C(C(C)C)N(C(C)CSC)C1=O. The molecule has 104 valence electrons. The third-order valence-corrected chi connectivity index (χ3v) is 4.18. The fourth-order valence-corrected chi connectivity index (χ4v) is 3.12. The molecule has 1 N–H and O–H groups in total. The first-order valence-corrected chi connectivity index (χ1v) is 7.94. The van der Waals surface area contributed by atoms with E-state index in [4.69, 9.17) is 0 Å². The van der Waals surface area contributed by atoms with E-state index in [2.05, 4.69) is 5.32 Å². The molecule has 0 aromatic carbocycles. The second-order valence-corrected chi connectivity index (χ2v) is 6.12.